The lowest BCUT2D eigenvalue weighted by Crippen LogP contribution is -2.44. The second-order valence-corrected chi connectivity index (χ2v) is 7.14. The first-order valence-corrected chi connectivity index (χ1v) is 9.64. The number of aliphatic hydroxyl groups is 1. The van der Waals surface area contributed by atoms with Crippen LogP contribution in [0, 0.1) is 13.8 Å². The number of hydrogen-bond acceptors (Lipinski definition) is 5. The van der Waals surface area contributed by atoms with E-state index in [1.165, 1.54) is 0 Å². The second-order valence-electron chi connectivity index (χ2n) is 7.14. The number of aryl methyl sites for hydroxylation is 2. The summed E-state index contributed by atoms with van der Waals surface area (Å²) in [6.07, 6.45) is 7.04. The fourth-order valence-corrected chi connectivity index (χ4v) is 3.12. The SMILES string of the molecule is CCNC(=NCc1ccnc(-n2ccnc2)c1)NCC(C)(O)c1cc(C)oc1C. The molecule has 8 nitrogen and oxygen atoms in total. The molecule has 0 saturated carbocycles. The van der Waals surface area contributed by atoms with E-state index in [2.05, 4.69) is 25.6 Å². The number of furan rings is 1. The second kappa shape index (κ2) is 8.91. The van der Waals surface area contributed by atoms with Crippen LogP contribution in [0.25, 0.3) is 5.82 Å². The first kappa shape index (κ1) is 20.6. The molecule has 3 aromatic heterocycles. The quantitative estimate of drug-likeness (QED) is 0.419. The molecule has 0 spiro atoms. The molecule has 0 aromatic carbocycles. The number of nitrogens with one attached hydrogen (secondary N) is 2. The van der Waals surface area contributed by atoms with E-state index in [1.807, 2.05) is 49.7 Å². The van der Waals surface area contributed by atoms with Gasteiger partial charge in [-0.3, -0.25) is 4.57 Å². The third kappa shape index (κ3) is 5.23. The third-order valence-electron chi connectivity index (χ3n) is 4.56. The molecule has 0 radical (unpaired) electrons. The third-order valence-corrected chi connectivity index (χ3v) is 4.56. The maximum absolute atomic E-state index is 10.9. The van der Waals surface area contributed by atoms with Crippen molar-refractivity contribution in [2.45, 2.75) is 39.8 Å². The van der Waals surface area contributed by atoms with E-state index in [9.17, 15) is 5.11 Å². The number of imidazole rings is 1. The summed E-state index contributed by atoms with van der Waals surface area (Å²) in [6, 6.07) is 5.78. The summed E-state index contributed by atoms with van der Waals surface area (Å²) in [7, 11) is 0. The highest BCUT2D eigenvalue weighted by Crippen LogP contribution is 2.26. The minimum Gasteiger partial charge on any atom is -0.466 e. The lowest BCUT2D eigenvalue weighted by molar-refractivity contribution is 0.0601. The van der Waals surface area contributed by atoms with Gasteiger partial charge in [-0.2, -0.15) is 0 Å². The topological polar surface area (TPSA) is 100 Å². The normalized spacial score (nSPS) is 13.9. The van der Waals surface area contributed by atoms with Crippen LogP contribution in [0.5, 0.6) is 0 Å². The van der Waals surface area contributed by atoms with Crippen LogP contribution in [-0.4, -0.2) is 38.7 Å². The zero-order chi connectivity index (χ0) is 20.9. The van der Waals surface area contributed by atoms with E-state index in [1.54, 1.807) is 25.6 Å². The van der Waals surface area contributed by atoms with Gasteiger partial charge < -0.3 is 20.2 Å². The smallest absolute Gasteiger partial charge is 0.191 e. The van der Waals surface area contributed by atoms with Crippen LogP contribution in [0.1, 0.15) is 36.5 Å². The van der Waals surface area contributed by atoms with Crippen molar-refractivity contribution in [2.75, 3.05) is 13.1 Å². The van der Waals surface area contributed by atoms with Crippen molar-refractivity contribution in [1.29, 1.82) is 0 Å². The highest BCUT2D eigenvalue weighted by Gasteiger charge is 2.27. The average Bonchev–Trinajstić information content (AvgIpc) is 3.34. The summed E-state index contributed by atoms with van der Waals surface area (Å²) in [4.78, 5) is 13.0. The number of aliphatic imine (C=N–C) groups is 1. The van der Waals surface area contributed by atoms with E-state index in [-0.39, 0.29) is 0 Å². The molecule has 3 aromatic rings. The lowest BCUT2D eigenvalue weighted by atomic mass is 9.96. The van der Waals surface area contributed by atoms with Gasteiger partial charge in [0.15, 0.2) is 5.96 Å². The Kier molecular flexibility index (Phi) is 6.33. The van der Waals surface area contributed by atoms with Crippen molar-refractivity contribution in [2.24, 2.45) is 4.99 Å². The molecule has 0 aliphatic heterocycles. The van der Waals surface area contributed by atoms with E-state index in [4.69, 9.17) is 4.42 Å². The number of aromatic nitrogens is 3. The molecule has 0 aliphatic carbocycles. The minimum absolute atomic E-state index is 0.301. The Morgan fingerprint density at radius 1 is 1.28 bits per heavy atom. The van der Waals surface area contributed by atoms with Crippen LogP contribution in [0.4, 0.5) is 0 Å². The molecule has 0 aliphatic rings. The van der Waals surface area contributed by atoms with Gasteiger partial charge in [-0.05, 0) is 51.5 Å². The highest BCUT2D eigenvalue weighted by molar-refractivity contribution is 5.79. The van der Waals surface area contributed by atoms with Gasteiger partial charge in [0, 0.05) is 30.7 Å². The van der Waals surface area contributed by atoms with Crippen LogP contribution in [0.2, 0.25) is 0 Å². The predicted molar refractivity (Wildman–Crippen MR) is 112 cm³/mol. The first-order chi connectivity index (χ1) is 13.9. The number of guanidine groups is 1. The summed E-state index contributed by atoms with van der Waals surface area (Å²) < 4.78 is 7.41. The Labute approximate surface area is 170 Å². The Balaban J connectivity index is 1.69. The molecule has 0 fully saturated rings. The van der Waals surface area contributed by atoms with Gasteiger partial charge >= 0.3 is 0 Å². The Bertz CT molecular complexity index is 959. The predicted octanol–water partition coefficient (Wildman–Crippen LogP) is 2.44. The molecule has 154 valence electrons. The Hall–Kier alpha value is -3.13. The molecular weight excluding hydrogens is 368 g/mol. The molecule has 3 rings (SSSR count). The zero-order valence-electron chi connectivity index (χ0n) is 17.3. The molecule has 0 amide bonds. The number of pyridine rings is 1. The largest absolute Gasteiger partial charge is 0.466 e. The monoisotopic (exact) mass is 396 g/mol. The van der Waals surface area contributed by atoms with Crippen molar-refractivity contribution in [3.63, 3.8) is 0 Å². The maximum Gasteiger partial charge on any atom is 0.191 e. The van der Waals surface area contributed by atoms with Crippen molar-refractivity contribution >= 4 is 5.96 Å². The summed E-state index contributed by atoms with van der Waals surface area (Å²) in [5.74, 6) is 2.93. The van der Waals surface area contributed by atoms with Crippen molar-refractivity contribution < 1.29 is 9.52 Å². The van der Waals surface area contributed by atoms with E-state index in [0.717, 1.165) is 28.5 Å². The fourth-order valence-electron chi connectivity index (χ4n) is 3.12. The summed E-state index contributed by atoms with van der Waals surface area (Å²) in [6.45, 7) is 8.99. The van der Waals surface area contributed by atoms with Crippen molar-refractivity contribution in [3.05, 3.63) is 65.8 Å². The van der Waals surface area contributed by atoms with E-state index in [0.29, 0.717) is 25.6 Å². The summed E-state index contributed by atoms with van der Waals surface area (Å²) in [5.41, 5.74) is 0.718. The number of rotatable bonds is 7. The molecule has 8 heteroatoms. The van der Waals surface area contributed by atoms with Crippen molar-refractivity contribution in [1.82, 2.24) is 25.2 Å². The van der Waals surface area contributed by atoms with Crippen LogP contribution in [0.15, 0.2) is 52.5 Å². The van der Waals surface area contributed by atoms with Gasteiger partial charge in [0.2, 0.25) is 0 Å². The zero-order valence-corrected chi connectivity index (χ0v) is 17.3. The number of hydrogen-bond donors (Lipinski definition) is 3. The van der Waals surface area contributed by atoms with E-state index < -0.39 is 5.60 Å². The van der Waals surface area contributed by atoms with Crippen LogP contribution < -0.4 is 10.6 Å². The number of nitrogens with zero attached hydrogens (tertiary/aromatic N) is 4. The molecule has 29 heavy (non-hydrogen) atoms. The minimum atomic E-state index is -1.08. The molecule has 3 heterocycles. The first-order valence-electron chi connectivity index (χ1n) is 9.64. The van der Waals surface area contributed by atoms with E-state index >= 15 is 0 Å². The van der Waals surface area contributed by atoms with Gasteiger partial charge in [0.1, 0.15) is 29.3 Å². The van der Waals surface area contributed by atoms with Gasteiger partial charge in [0.25, 0.3) is 0 Å². The summed E-state index contributed by atoms with van der Waals surface area (Å²) in [5, 5.41) is 17.3. The lowest BCUT2D eigenvalue weighted by Gasteiger charge is -2.24. The molecule has 0 bridgehead atoms. The van der Waals surface area contributed by atoms with Crippen LogP contribution in [0.3, 0.4) is 0 Å². The fraction of sp³-hybridized carbons (Fsp3) is 0.381. The van der Waals surface area contributed by atoms with Crippen molar-refractivity contribution in [3.8, 4) is 5.82 Å². The molecular formula is C21H28N6O2. The maximum atomic E-state index is 10.9. The molecule has 1 unspecified atom stereocenters. The highest BCUT2D eigenvalue weighted by atomic mass is 16.3. The van der Waals surface area contributed by atoms with Gasteiger partial charge in [-0.1, -0.05) is 0 Å². The molecule has 3 N–H and O–H groups in total. The van der Waals surface area contributed by atoms with Gasteiger partial charge in [-0.25, -0.2) is 15.0 Å². The molecule has 0 saturated heterocycles. The Morgan fingerprint density at radius 2 is 2.10 bits per heavy atom. The van der Waals surface area contributed by atoms with Crippen LogP contribution >= 0.6 is 0 Å². The Morgan fingerprint density at radius 3 is 2.76 bits per heavy atom. The standard InChI is InChI=1S/C21H28N6O2/c1-5-23-20(26-13-21(4,28)18-10-15(2)29-16(18)3)25-12-17-6-7-24-19(11-17)27-9-8-22-14-27/h6-11,14,28H,5,12-13H2,1-4H3,(H2,23,25,26). The van der Waals surface area contributed by atoms with Gasteiger partial charge in [-0.15, -0.1) is 0 Å². The van der Waals surface area contributed by atoms with Crippen LogP contribution in [-0.2, 0) is 12.1 Å². The molecule has 1 atom stereocenters. The average molecular weight is 396 g/mol. The summed E-state index contributed by atoms with van der Waals surface area (Å²) >= 11 is 0. The van der Waals surface area contributed by atoms with Gasteiger partial charge in [0.05, 0.1) is 13.1 Å².